The molecule has 10 heteroatoms. The second kappa shape index (κ2) is 5.69. The van der Waals surface area contributed by atoms with Crippen molar-refractivity contribution in [1.29, 1.82) is 0 Å². The molecule has 2 rings (SSSR count). The molecular formula is C10H12N4O4S2. The maximum atomic E-state index is 11.1. The Morgan fingerprint density at radius 2 is 2.20 bits per heavy atom. The van der Waals surface area contributed by atoms with Gasteiger partial charge in [-0.2, -0.15) is 0 Å². The maximum Gasteiger partial charge on any atom is 0.319 e. The normalized spacial score (nSPS) is 11.7. The lowest BCUT2D eigenvalue weighted by Crippen LogP contribution is -2.18. The van der Waals surface area contributed by atoms with E-state index in [4.69, 9.17) is 5.14 Å². The second-order valence-corrected chi connectivity index (χ2v) is 6.69. The van der Waals surface area contributed by atoms with Gasteiger partial charge in [0.1, 0.15) is 5.69 Å². The average Bonchev–Trinajstić information content (AvgIpc) is 2.80. The smallest absolute Gasteiger partial charge is 0.319 e. The van der Waals surface area contributed by atoms with Crippen LogP contribution < -0.4 is 10.5 Å². The van der Waals surface area contributed by atoms with Gasteiger partial charge in [-0.1, -0.05) is 0 Å². The molecule has 0 aliphatic rings. The molecule has 3 N–H and O–H groups in total. The molecule has 0 fully saturated rings. The number of anilines is 1. The largest absolute Gasteiger partial charge is 0.379 e. The third-order valence-electron chi connectivity index (χ3n) is 2.58. The molecule has 0 bridgehead atoms. The summed E-state index contributed by atoms with van der Waals surface area (Å²) < 4.78 is 22.3. The van der Waals surface area contributed by atoms with Crippen LogP contribution in [0.4, 0.5) is 11.4 Å². The number of benzene rings is 1. The highest BCUT2D eigenvalue weighted by Crippen LogP contribution is 2.34. The number of primary sulfonamides is 1. The molecule has 8 nitrogen and oxygen atoms in total. The molecule has 1 heterocycles. The first-order valence-corrected chi connectivity index (χ1v) is 8.23. The molecule has 1 aromatic heterocycles. The van der Waals surface area contributed by atoms with E-state index in [2.05, 4.69) is 10.3 Å². The number of fused-ring (bicyclic) bond motifs is 1. The first-order chi connectivity index (χ1) is 9.38. The summed E-state index contributed by atoms with van der Waals surface area (Å²) in [6.07, 6.45) is 0.269. The summed E-state index contributed by atoms with van der Waals surface area (Å²) in [6, 6.07) is 3.33. The number of hydrogen-bond donors (Lipinski definition) is 2. The predicted molar refractivity (Wildman–Crippen MR) is 77.4 cm³/mol. The van der Waals surface area contributed by atoms with Crippen molar-refractivity contribution < 1.29 is 13.3 Å². The van der Waals surface area contributed by atoms with Gasteiger partial charge in [0.05, 0.1) is 20.9 Å². The Labute approximate surface area is 118 Å². The molecule has 0 unspecified atom stereocenters. The molecule has 0 aliphatic carbocycles. The number of aromatic nitrogens is 1. The summed E-state index contributed by atoms with van der Waals surface area (Å²) in [5.74, 6) is -0.174. The molecule has 108 valence electrons. The molecular weight excluding hydrogens is 304 g/mol. The van der Waals surface area contributed by atoms with Crippen LogP contribution in [0.3, 0.4) is 0 Å². The van der Waals surface area contributed by atoms with Gasteiger partial charge in [0.2, 0.25) is 10.0 Å². The predicted octanol–water partition coefficient (Wildman–Crippen LogP) is 1.29. The number of nitrogens with one attached hydrogen (secondary N) is 1. The highest BCUT2D eigenvalue weighted by atomic mass is 32.2. The number of hydrogen-bond acceptors (Lipinski definition) is 7. The van der Waals surface area contributed by atoms with Gasteiger partial charge < -0.3 is 5.32 Å². The van der Waals surface area contributed by atoms with Gasteiger partial charge in [-0.25, -0.2) is 18.5 Å². The SMILES string of the molecule is NS(=O)(=O)CCCNc1ccc2scnc2c1[N+](=O)[O-]. The van der Waals surface area contributed by atoms with E-state index in [-0.39, 0.29) is 24.4 Å². The summed E-state index contributed by atoms with van der Waals surface area (Å²) in [6.45, 7) is 0.271. The Kier molecular flexibility index (Phi) is 4.16. The van der Waals surface area contributed by atoms with Crippen molar-refractivity contribution in [3.63, 3.8) is 0 Å². The van der Waals surface area contributed by atoms with Gasteiger partial charge in [-0.3, -0.25) is 10.1 Å². The lowest BCUT2D eigenvalue weighted by Gasteiger charge is -2.06. The third-order valence-corrected chi connectivity index (χ3v) is 4.23. The number of nitrogens with two attached hydrogens (primary N) is 1. The fraction of sp³-hybridized carbons (Fsp3) is 0.300. The van der Waals surface area contributed by atoms with Gasteiger partial charge in [0.15, 0.2) is 5.52 Å². The van der Waals surface area contributed by atoms with Crippen LogP contribution in [0.25, 0.3) is 10.2 Å². The van der Waals surface area contributed by atoms with Crippen LogP contribution in [0.5, 0.6) is 0 Å². The van der Waals surface area contributed by atoms with E-state index in [9.17, 15) is 18.5 Å². The first-order valence-electron chi connectivity index (χ1n) is 5.63. The highest BCUT2D eigenvalue weighted by molar-refractivity contribution is 7.89. The minimum atomic E-state index is -3.52. The molecule has 0 atom stereocenters. The van der Waals surface area contributed by atoms with Gasteiger partial charge in [0, 0.05) is 6.54 Å². The van der Waals surface area contributed by atoms with Crippen LogP contribution in [0.15, 0.2) is 17.6 Å². The zero-order valence-electron chi connectivity index (χ0n) is 10.3. The number of nitro groups is 1. The number of sulfonamides is 1. The highest BCUT2D eigenvalue weighted by Gasteiger charge is 2.20. The molecule has 2 aromatic rings. The van der Waals surface area contributed by atoms with Gasteiger partial charge in [-0.05, 0) is 18.6 Å². The van der Waals surface area contributed by atoms with E-state index in [0.29, 0.717) is 11.2 Å². The molecule has 0 radical (unpaired) electrons. The Morgan fingerprint density at radius 3 is 2.85 bits per heavy atom. The summed E-state index contributed by atoms with van der Waals surface area (Å²) in [4.78, 5) is 14.6. The summed E-state index contributed by atoms with van der Waals surface area (Å²) in [5.41, 5.74) is 2.10. The molecule has 0 amide bonds. The standard InChI is InChI=1S/C10H12N4O4S2/c11-20(17,18)5-1-4-12-7-2-3-8-9(13-6-19-8)10(7)14(15)16/h2-3,6,12H,1,4-5H2,(H2,11,17,18). The molecule has 0 aliphatic heterocycles. The number of thiazole rings is 1. The fourth-order valence-corrected chi connectivity index (χ4v) is 2.97. The number of nitro benzene ring substituents is 1. The summed E-state index contributed by atoms with van der Waals surface area (Å²) in [5, 5.41) is 18.9. The zero-order valence-corrected chi connectivity index (χ0v) is 11.9. The Hall–Kier alpha value is -1.78. The topological polar surface area (TPSA) is 128 Å². The van der Waals surface area contributed by atoms with Crippen molar-refractivity contribution in [1.82, 2.24) is 4.98 Å². The first kappa shape index (κ1) is 14.6. The van der Waals surface area contributed by atoms with Crippen LogP contribution in [-0.2, 0) is 10.0 Å². The Balaban J connectivity index is 2.17. The van der Waals surface area contributed by atoms with Crippen molar-refractivity contribution in [2.75, 3.05) is 17.6 Å². The quantitative estimate of drug-likeness (QED) is 0.469. The minimum Gasteiger partial charge on any atom is -0.379 e. The summed E-state index contributed by atoms with van der Waals surface area (Å²) >= 11 is 1.32. The maximum absolute atomic E-state index is 11.1. The lowest BCUT2D eigenvalue weighted by atomic mass is 10.2. The fourth-order valence-electron chi connectivity index (χ4n) is 1.74. The average molecular weight is 316 g/mol. The third kappa shape index (κ3) is 3.40. The number of rotatable bonds is 6. The van der Waals surface area contributed by atoms with E-state index in [1.807, 2.05) is 0 Å². The van der Waals surface area contributed by atoms with E-state index in [1.165, 1.54) is 11.3 Å². The lowest BCUT2D eigenvalue weighted by molar-refractivity contribution is -0.382. The van der Waals surface area contributed by atoms with E-state index in [0.717, 1.165) is 4.70 Å². The van der Waals surface area contributed by atoms with Crippen LogP contribution in [0, 0.1) is 10.1 Å². The van der Waals surface area contributed by atoms with Gasteiger partial charge in [-0.15, -0.1) is 11.3 Å². The van der Waals surface area contributed by atoms with Crippen molar-refractivity contribution in [2.24, 2.45) is 5.14 Å². The second-order valence-electron chi connectivity index (χ2n) is 4.07. The number of nitrogens with zero attached hydrogens (tertiary/aromatic N) is 2. The Bertz CT molecular complexity index is 741. The molecule has 0 spiro atoms. The molecule has 0 saturated carbocycles. The zero-order chi connectivity index (χ0) is 14.8. The van der Waals surface area contributed by atoms with Crippen molar-refractivity contribution in [3.05, 3.63) is 27.8 Å². The van der Waals surface area contributed by atoms with Crippen LogP contribution in [0.2, 0.25) is 0 Å². The molecule has 0 saturated heterocycles. The van der Waals surface area contributed by atoms with Crippen LogP contribution >= 0.6 is 11.3 Å². The Morgan fingerprint density at radius 1 is 1.45 bits per heavy atom. The molecule has 20 heavy (non-hydrogen) atoms. The van der Waals surface area contributed by atoms with Gasteiger partial charge >= 0.3 is 5.69 Å². The van der Waals surface area contributed by atoms with Crippen LogP contribution in [-0.4, -0.2) is 30.6 Å². The van der Waals surface area contributed by atoms with E-state index >= 15 is 0 Å². The van der Waals surface area contributed by atoms with E-state index < -0.39 is 14.9 Å². The monoisotopic (exact) mass is 316 g/mol. The van der Waals surface area contributed by atoms with Crippen LogP contribution in [0.1, 0.15) is 6.42 Å². The van der Waals surface area contributed by atoms with Gasteiger partial charge in [0.25, 0.3) is 0 Å². The minimum absolute atomic E-state index is 0.0978. The molecule has 1 aromatic carbocycles. The van der Waals surface area contributed by atoms with Crippen molar-refractivity contribution in [2.45, 2.75) is 6.42 Å². The summed E-state index contributed by atoms with van der Waals surface area (Å²) in [7, 11) is -3.52. The van der Waals surface area contributed by atoms with E-state index in [1.54, 1.807) is 17.6 Å². The van der Waals surface area contributed by atoms with Crippen molar-refractivity contribution >= 4 is 43.0 Å². The van der Waals surface area contributed by atoms with Crippen molar-refractivity contribution in [3.8, 4) is 0 Å².